The van der Waals surface area contributed by atoms with Crippen molar-refractivity contribution in [2.45, 2.75) is 17.9 Å². The van der Waals surface area contributed by atoms with Crippen molar-refractivity contribution in [3.63, 3.8) is 0 Å². The number of nitrogen functional groups attached to an aromatic ring is 1. The summed E-state index contributed by atoms with van der Waals surface area (Å²) in [7, 11) is 1.27. The number of methoxy groups -OCH3 is 1. The Kier molecular flexibility index (Phi) is 5.98. The van der Waals surface area contributed by atoms with Gasteiger partial charge in [0.15, 0.2) is 0 Å². The van der Waals surface area contributed by atoms with Crippen LogP contribution in [0.5, 0.6) is 0 Å². The van der Waals surface area contributed by atoms with E-state index in [1.54, 1.807) is 18.2 Å². The standard InChI is InChI=1S/C12H15ClN2O3S/c1-7(16)15-10(12(17)18-2)6-19-11-8(13)4-3-5-9(11)14/h3-5,10H,6,14H2,1-2H3,(H,15,16). The lowest BCUT2D eigenvalue weighted by atomic mass is 10.3. The summed E-state index contributed by atoms with van der Waals surface area (Å²) < 4.78 is 4.63. The second-order valence-corrected chi connectivity index (χ2v) is 5.18. The summed E-state index contributed by atoms with van der Waals surface area (Å²) in [5.41, 5.74) is 6.34. The number of thioether (sulfide) groups is 1. The van der Waals surface area contributed by atoms with Crippen molar-refractivity contribution in [1.82, 2.24) is 5.32 Å². The average molecular weight is 303 g/mol. The zero-order valence-corrected chi connectivity index (χ0v) is 12.2. The summed E-state index contributed by atoms with van der Waals surface area (Å²) in [5.74, 6) is -0.517. The SMILES string of the molecule is COC(=O)C(CSc1c(N)cccc1Cl)NC(C)=O. The minimum absolute atomic E-state index is 0.292. The highest BCUT2D eigenvalue weighted by molar-refractivity contribution is 7.99. The lowest BCUT2D eigenvalue weighted by molar-refractivity contribution is -0.144. The van der Waals surface area contributed by atoms with Crippen LogP contribution in [0.15, 0.2) is 23.1 Å². The molecule has 5 nitrogen and oxygen atoms in total. The number of nitrogens with two attached hydrogens (primary N) is 1. The molecule has 7 heteroatoms. The molecular formula is C12H15ClN2O3S. The molecule has 0 aliphatic rings. The van der Waals surface area contributed by atoms with Gasteiger partial charge in [-0.1, -0.05) is 17.7 Å². The van der Waals surface area contributed by atoms with Gasteiger partial charge in [0.2, 0.25) is 5.91 Å². The first kappa shape index (κ1) is 15.7. The molecule has 0 aliphatic heterocycles. The molecule has 0 fully saturated rings. The quantitative estimate of drug-likeness (QED) is 0.491. The summed E-state index contributed by atoms with van der Waals surface area (Å²) in [5, 5.41) is 3.03. The second kappa shape index (κ2) is 7.25. The van der Waals surface area contributed by atoms with E-state index in [-0.39, 0.29) is 5.91 Å². The largest absolute Gasteiger partial charge is 0.467 e. The number of hydrogen-bond acceptors (Lipinski definition) is 5. The number of nitrogens with one attached hydrogen (secondary N) is 1. The van der Waals surface area contributed by atoms with Gasteiger partial charge in [-0.2, -0.15) is 0 Å². The number of benzene rings is 1. The van der Waals surface area contributed by atoms with E-state index in [4.69, 9.17) is 17.3 Å². The molecule has 3 N–H and O–H groups in total. The first-order valence-electron chi connectivity index (χ1n) is 5.47. The van der Waals surface area contributed by atoms with Gasteiger partial charge in [0, 0.05) is 23.3 Å². The van der Waals surface area contributed by atoms with Crippen LogP contribution in [0.1, 0.15) is 6.92 Å². The maximum absolute atomic E-state index is 11.5. The first-order valence-corrected chi connectivity index (χ1v) is 6.83. The zero-order chi connectivity index (χ0) is 14.4. The number of esters is 1. The Balaban J connectivity index is 2.76. The molecule has 1 rings (SSSR count). The van der Waals surface area contributed by atoms with Crippen LogP contribution in [-0.4, -0.2) is 30.8 Å². The van der Waals surface area contributed by atoms with Crippen LogP contribution in [0.4, 0.5) is 5.69 Å². The lowest BCUT2D eigenvalue weighted by Gasteiger charge is -2.16. The van der Waals surface area contributed by atoms with Crippen LogP contribution in [-0.2, 0) is 14.3 Å². The van der Waals surface area contributed by atoms with Crippen molar-refractivity contribution in [3.05, 3.63) is 23.2 Å². The van der Waals surface area contributed by atoms with Gasteiger partial charge in [0.05, 0.1) is 12.1 Å². The van der Waals surface area contributed by atoms with Gasteiger partial charge in [0.1, 0.15) is 6.04 Å². The Hall–Kier alpha value is -1.40. The Morgan fingerprint density at radius 1 is 1.53 bits per heavy atom. The van der Waals surface area contributed by atoms with Gasteiger partial charge in [0.25, 0.3) is 0 Å². The third-order valence-electron chi connectivity index (χ3n) is 2.25. The number of ether oxygens (including phenoxy) is 1. The molecule has 1 unspecified atom stereocenters. The van der Waals surface area contributed by atoms with E-state index in [2.05, 4.69) is 10.1 Å². The minimum atomic E-state index is -0.733. The summed E-state index contributed by atoms with van der Waals surface area (Å²) >= 11 is 7.32. The fourth-order valence-corrected chi connectivity index (χ4v) is 2.74. The molecule has 1 aromatic rings. The van der Waals surface area contributed by atoms with Crippen LogP contribution in [0, 0.1) is 0 Å². The molecule has 0 radical (unpaired) electrons. The molecule has 0 heterocycles. The maximum Gasteiger partial charge on any atom is 0.329 e. The molecule has 0 saturated heterocycles. The number of rotatable bonds is 5. The predicted molar refractivity (Wildman–Crippen MR) is 76.2 cm³/mol. The van der Waals surface area contributed by atoms with Crippen molar-refractivity contribution >= 4 is 40.9 Å². The highest BCUT2D eigenvalue weighted by Crippen LogP contribution is 2.32. The van der Waals surface area contributed by atoms with Crippen LogP contribution >= 0.6 is 23.4 Å². The van der Waals surface area contributed by atoms with Crippen molar-refractivity contribution in [2.24, 2.45) is 0 Å². The van der Waals surface area contributed by atoms with Crippen LogP contribution in [0.2, 0.25) is 5.02 Å². The van der Waals surface area contributed by atoms with Crippen molar-refractivity contribution in [1.29, 1.82) is 0 Å². The third kappa shape index (κ3) is 4.65. The summed E-state index contributed by atoms with van der Waals surface area (Å²) in [6.45, 7) is 1.34. The average Bonchev–Trinajstić information content (AvgIpc) is 2.35. The highest BCUT2D eigenvalue weighted by Gasteiger charge is 2.21. The van der Waals surface area contributed by atoms with Gasteiger partial charge < -0.3 is 15.8 Å². The van der Waals surface area contributed by atoms with Crippen LogP contribution in [0.3, 0.4) is 0 Å². The number of hydrogen-bond donors (Lipinski definition) is 2. The van der Waals surface area contributed by atoms with Crippen LogP contribution < -0.4 is 11.1 Å². The predicted octanol–water partition coefficient (Wildman–Crippen LogP) is 1.69. The second-order valence-electron chi connectivity index (χ2n) is 3.75. The van der Waals surface area contributed by atoms with Gasteiger partial charge in [-0.25, -0.2) is 4.79 Å². The van der Waals surface area contributed by atoms with E-state index in [1.807, 2.05) is 0 Å². The van der Waals surface area contributed by atoms with Crippen molar-refractivity contribution in [3.8, 4) is 0 Å². The van der Waals surface area contributed by atoms with Crippen molar-refractivity contribution in [2.75, 3.05) is 18.6 Å². The van der Waals surface area contributed by atoms with E-state index >= 15 is 0 Å². The Morgan fingerprint density at radius 3 is 2.74 bits per heavy atom. The monoisotopic (exact) mass is 302 g/mol. The molecule has 104 valence electrons. The minimum Gasteiger partial charge on any atom is -0.467 e. The van der Waals surface area contributed by atoms with Crippen molar-refractivity contribution < 1.29 is 14.3 Å². The summed E-state index contributed by atoms with van der Waals surface area (Å²) in [6, 6.07) is 4.45. The highest BCUT2D eigenvalue weighted by atomic mass is 35.5. The molecule has 0 saturated carbocycles. The third-order valence-corrected chi connectivity index (χ3v) is 3.93. The Morgan fingerprint density at radius 2 is 2.21 bits per heavy atom. The number of amides is 1. The van der Waals surface area contributed by atoms with E-state index in [0.717, 1.165) is 0 Å². The molecule has 19 heavy (non-hydrogen) atoms. The topological polar surface area (TPSA) is 81.4 Å². The molecule has 1 amide bonds. The van der Waals surface area contributed by atoms with E-state index < -0.39 is 12.0 Å². The smallest absolute Gasteiger partial charge is 0.329 e. The number of halogens is 1. The molecule has 0 aromatic heterocycles. The normalized spacial score (nSPS) is 11.7. The Bertz CT molecular complexity index is 462. The molecule has 1 atom stereocenters. The van der Waals surface area contributed by atoms with Gasteiger partial charge >= 0.3 is 5.97 Å². The molecule has 1 aromatic carbocycles. The zero-order valence-electron chi connectivity index (χ0n) is 10.6. The molecule has 0 bridgehead atoms. The van der Waals surface area contributed by atoms with Crippen LogP contribution in [0.25, 0.3) is 0 Å². The molecular weight excluding hydrogens is 288 g/mol. The maximum atomic E-state index is 11.5. The summed E-state index contributed by atoms with van der Waals surface area (Å²) in [6.07, 6.45) is 0. The number of anilines is 1. The number of carbonyl (C=O) groups excluding carboxylic acids is 2. The molecule has 0 aliphatic carbocycles. The van der Waals surface area contributed by atoms with E-state index in [1.165, 1.54) is 25.8 Å². The molecule has 0 spiro atoms. The first-order chi connectivity index (χ1) is 8.95. The van der Waals surface area contributed by atoms with E-state index in [0.29, 0.717) is 21.4 Å². The van der Waals surface area contributed by atoms with Gasteiger partial charge in [-0.05, 0) is 12.1 Å². The van der Waals surface area contributed by atoms with E-state index in [9.17, 15) is 9.59 Å². The Labute approximate surface area is 120 Å². The lowest BCUT2D eigenvalue weighted by Crippen LogP contribution is -2.42. The number of carbonyl (C=O) groups is 2. The van der Waals surface area contributed by atoms with Gasteiger partial charge in [-0.15, -0.1) is 11.8 Å². The fraction of sp³-hybridized carbons (Fsp3) is 0.333. The summed E-state index contributed by atoms with van der Waals surface area (Å²) in [4.78, 5) is 23.2. The fourth-order valence-electron chi connectivity index (χ4n) is 1.40. The van der Waals surface area contributed by atoms with Gasteiger partial charge in [-0.3, -0.25) is 4.79 Å².